The van der Waals surface area contributed by atoms with Gasteiger partial charge in [-0.25, -0.2) is 0 Å². The number of fused-ring (bicyclic) bond motifs is 17. The number of para-hydroxylation sites is 1. The minimum Gasteiger partial charge on any atom is -0.456 e. The Hall–Kier alpha value is -7.42. The van der Waals surface area contributed by atoms with E-state index in [0.29, 0.717) is 0 Å². The monoisotopic (exact) mass is 765 g/mol. The van der Waals surface area contributed by atoms with Gasteiger partial charge in [0.2, 0.25) is 0 Å². The Morgan fingerprint density at radius 2 is 0.900 bits per heavy atom. The molecular weight excluding hydrogens is 727 g/mol. The largest absolute Gasteiger partial charge is 0.456 e. The number of rotatable bonds is 4. The van der Waals surface area contributed by atoms with Crippen molar-refractivity contribution < 1.29 is 4.42 Å². The summed E-state index contributed by atoms with van der Waals surface area (Å²) in [6, 6.07) is 74.0. The van der Waals surface area contributed by atoms with E-state index in [0.717, 1.165) is 39.0 Å². The Kier molecular flexibility index (Phi) is 6.74. The summed E-state index contributed by atoms with van der Waals surface area (Å²) in [5, 5.41) is 2.31. The van der Waals surface area contributed by atoms with Crippen LogP contribution in [0.1, 0.15) is 47.2 Å². The zero-order valence-corrected chi connectivity index (χ0v) is 33.4. The number of hydrogen-bond acceptors (Lipinski definition) is 2. The fourth-order valence-corrected chi connectivity index (χ4v) is 11.2. The molecular formula is C58H39NO. The van der Waals surface area contributed by atoms with E-state index in [1.165, 1.54) is 77.9 Å². The van der Waals surface area contributed by atoms with E-state index in [-0.39, 0.29) is 5.41 Å². The first-order valence-corrected chi connectivity index (χ1v) is 21.0. The van der Waals surface area contributed by atoms with E-state index >= 15 is 0 Å². The number of benzene rings is 9. The summed E-state index contributed by atoms with van der Waals surface area (Å²) in [7, 11) is 0. The van der Waals surface area contributed by atoms with Crippen LogP contribution < -0.4 is 4.90 Å². The fourth-order valence-electron chi connectivity index (χ4n) is 11.2. The van der Waals surface area contributed by atoms with Crippen LogP contribution in [-0.2, 0) is 10.8 Å². The van der Waals surface area contributed by atoms with Crippen molar-refractivity contribution in [3.8, 4) is 44.5 Å². The molecule has 1 aromatic heterocycles. The summed E-state index contributed by atoms with van der Waals surface area (Å²) in [5.41, 5.74) is 22.5. The molecule has 9 aromatic carbocycles. The van der Waals surface area contributed by atoms with Gasteiger partial charge in [-0.3, -0.25) is 0 Å². The van der Waals surface area contributed by atoms with Crippen LogP contribution >= 0.6 is 0 Å². The molecule has 60 heavy (non-hydrogen) atoms. The van der Waals surface area contributed by atoms with E-state index < -0.39 is 5.41 Å². The first-order chi connectivity index (χ1) is 29.5. The van der Waals surface area contributed by atoms with Crippen molar-refractivity contribution in [1.29, 1.82) is 0 Å². The first kappa shape index (κ1) is 33.5. The van der Waals surface area contributed by atoms with Crippen molar-refractivity contribution in [3.05, 3.63) is 234 Å². The number of hydrogen-bond donors (Lipinski definition) is 0. The highest BCUT2D eigenvalue weighted by atomic mass is 16.3. The lowest BCUT2D eigenvalue weighted by Gasteiger charge is -2.31. The molecule has 0 saturated heterocycles. The minimum absolute atomic E-state index is 0.126. The van der Waals surface area contributed by atoms with Crippen LogP contribution in [-0.4, -0.2) is 0 Å². The van der Waals surface area contributed by atoms with E-state index in [1.807, 2.05) is 0 Å². The van der Waals surface area contributed by atoms with Gasteiger partial charge in [0.05, 0.1) is 5.41 Å². The molecule has 2 nitrogen and oxygen atoms in total. The third-order valence-electron chi connectivity index (χ3n) is 13.9. The molecule has 0 fully saturated rings. The van der Waals surface area contributed by atoms with Crippen molar-refractivity contribution in [1.82, 2.24) is 0 Å². The highest BCUT2D eigenvalue weighted by Gasteiger charge is 2.53. The molecule has 1 unspecified atom stereocenters. The van der Waals surface area contributed by atoms with Gasteiger partial charge in [-0.1, -0.05) is 166 Å². The Balaban J connectivity index is 1.05. The summed E-state index contributed by atoms with van der Waals surface area (Å²) < 4.78 is 6.93. The Bertz CT molecular complexity index is 3410. The summed E-state index contributed by atoms with van der Waals surface area (Å²) in [4.78, 5) is 2.45. The fraction of sp³-hybridized carbons (Fsp3) is 0.0690. The lowest BCUT2D eigenvalue weighted by Crippen LogP contribution is -2.26. The zero-order valence-electron chi connectivity index (χ0n) is 33.4. The molecule has 0 radical (unpaired) electrons. The number of anilines is 3. The molecule has 0 aliphatic heterocycles. The second kappa shape index (κ2) is 12.1. The van der Waals surface area contributed by atoms with Crippen LogP contribution in [0.5, 0.6) is 0 Å². The van der Waals surface area contributed by atoms with Crippen LogP contribution in [0.3, 0.4) is 0 Å². The van der Waals surface area contributed by atoms with E-state index in [1.54, 1.807) is 0 Å². The van der Waals surface area contributed by atoms with Gasteiger partial charge in [0, 0.05) is 38.8 Å². The Labute approximate surface area is 349 Å². The molecule has 10 aromatic rings. The van der Waals surface area contributed by atoms with E-state index in [4.69, 9.17) is 4.42 Å². The first-order valence-electron chi connectivity index (χ1n) is 21.0. The predicted octanol–water partition coefficient (Wildman–Crippen LogP) is 15.4. The molecule has 282 valence electrons. The normalized spacial score (nSPS) is 16.0. The van der Waals surface area contributed by atoms with Crippen LogP contribution in [0.15, 0.2) is 205 Å². The van der Waals surface area contributed by atoms with Gasteiger partial charge >= 0.3 is 0 Å². The standard InChI is InChI=1S/C58H39NO/c1-57(2)49-20-10-6-16-41(49)44-30-28-40(35-53(44)57)59(38-26-24-37(25-27-38)36-14-4-3-5-15-36)39-29-33-52-48(34-39)43-18-8-12-22-51(43)58(52)50-21-11-7-17-42(50)46-31-32-47-45-19-9-13-23-54(45)60-56(47)55(46)58/h3-35H,1-2H3. The second-order valence-electron chi connectivity index (χ2n) is 17.2. The zero-order chi connectivity index (χ0) is 39.7. The Morgan fingerprint density at radius 3 is 1.67 bits per heavy atom. The maximum Gasteiger partial charge on any atom is 0.140 e. The lowest BCUT2D eigenvalue weighted by atomic mass is 9.70. The SMILES string of the molecule is CC1(C)c2ccccc2-c2ccc(N(c3ccc(-c4ccccc4)cc3)c3ccc4c(c3)-c3ccccc3C43c4ccccc4-c4ccc5c(oc6ccccc65)c43)cc21. The van der Waals surface area contributed by atoms with Crippen LogP contribution in [0.4, 0.5) is 17.1 Å². The van der Waals surface area contributed by atoms with E-state index in [9.17, 15) is 0 Å². The third kappa shape index (κ3) is 4.32. The maximum atomic E-state index is 6.93. The van der Waals surface area contributed by atoms with Gasteiger partial charge in [0.25, 0.3) is 0 Å². The van der Waals surface area contributed by atoms with Crippen LogP contribution in [0.2, 0.25) is 0 Å². The molecule has 0 N–H and O–H groups in total. The summed E-state index contributed by atoms with van der Waals surface area (Å²) in [5.74, 6) is 0. The van der Waals surface area contributed by atoms with Crippen molar-refractivity contribution in [2.24, 2.45) is 0 Å². The summed E-state index contributed by atoms with van der Waals surface area (Å²) >= 11 is 0. The molecule has 0 saturated carbocycles. The highest BCUT2D eigenvalue weighted by Crippen LogP contribution is 2.65. The molecule has 1 spiro atoms. The van der Waals surface area contributed by atoms with Gasteiger partial charge in [-0.2, -0.15) is 0 Å². The third-order valence-corrected chi connectivity index (χ3v) is 13.9. The average Bonchev–Trinajstić information content (AvgIpc) is 3.99. The van der Waals surface area contributed by atoms with Crippen molar-refractivity contribution in [3.63, 3.8) is 0 Å². The van der Waals surface area contributed by atoms with Crippen molar-refractivity contribution >= 4 is 39.0 Å². The van der Waals surface area contributed by atoms with Crippen molar-refractivity contribution in [2.75, 3.05) is 4.90 Å². The van der Waals surface area contributed by atoms with E-state index in [2.05, 4.69) is 219 Å². The van der Waals surface area contributed by atoms with Gasteiger partial charge in [-0.15, -0.1) is 0 Å². The molecule has 0 bridgehead atoms. The molecule has 13 rings (SSSR count). The van der Waals surface area contributed by atoms with Crippen LogP contribution in [0.25, 0.3) is 66.4 Å². The molecule has 0 amide bonds. The highest BCUT2D eigenvalue weighted by molar-refractivity contribution is 6.11. The Morgan fingerprint density at radius 1 is 0.367 bits per heavy atom. The number of furan rings is 1. The van der Waals surface area contributed by atoms with Crippen molar-refractivity contribution in [2.45, 2.75) is 24.7 Å². The minimum atomic E-state index is -0.546. The second-order valence-corrected chi connectivity index (χ2v) is 17.2. The molecule has 1 atom stereocenters. The quantitative estimate of drug-likeness (QED) is 0.177. The summed E-state index contributed by atoms with van der Waals surface area (Å²) in [6.07, 6.45) is 0. The van der Waals surface area contributed by atoms with Gasteiger partial charge in [0.15, 0.2) is 0 Å². The number of nitrogens with zero attached hydrogens (tertiary/aromatic N) is 1. The van der Waals surface area contributed by atoms with Gasteiger partial charge in [-0.05, 0) is 121 Å². The molecule has 3 aliphatic rings. The predicted molar refractivity (Wildman–Crippen MR) is 248 cm³/mol. The molecule has 1 heterocycles. The molecule has 2 heteroatoms. The lowest BCUT2D eigenvalue weighted by molar-refractivity contribution is 0.652. The maximum absolute atomic E-state index is 6.93. The topological polar surface area (TPSA) is 16.4 Å². The molecule has 3 aliphatic carbocycles. The van der Waals surface area contributed by atoms with Gasteiger partial charge < -0.3 is 9.32 Å². The smallest absolute Gasteiger partial charge is 0.140 e. The van der Waals surface area contributed by atoms with Crippen LogP contribution in [0, 0.1) is 0 Å². The average molecular weight is 766 g/mol. The van der Waals surface area contributed by atoms with Gasteiger partial charge in [0.1, 0.15) is 11.2 Å². The summed E-state index contributed by atoms with van der Waals surface area (Å²) in [6.45, 7) is 4.73.